The van der Waals surface area contributed by atoms with Gasteiger partial charge in [0, 0.05) is 18.9 Å². The van der Waals surface area contributed by atoms with Gasteiger partial charge in [-0.1, -0.05) is 12.1 Å². The summed E-state index contributed by atoms with van der Waals surface area (Å²) in [6.45, 7) is 0.192. The molecule has 16 heavy (non-hydrogen) atoms. The topological polar surface area (TPSA) is 61.0 Å². The van der Waals surface area contributed by atoms with Gasteiger partial charge in [0.25, 0.3) is 0 Å². The first-order valence-electron chi connectivity index (χ1n) is 4.73. The minimum Gasteiger partial charge on any atom is -0.434 e. The zero-order chi connectivity index (χ0) is 11.4. The quantitative estimate of drug-likeness (QED) is 0.855. The Hall–Kier alpha value is -2.01. The van der Waals surface area contributed by atoms with Crippen molar-refractivity contribution in [2.45, 2.75) is 6.54 Å². The fourth-order valence-electron chi connectivity index (χ4n) is 1.21. The summed E-state index contributed by atoms with van der Waals surface area (Å²) in [5.41, 5.74) is 5.96. The third-order valence-corrected chi connectivity index (χ3v) is 1.97. The van der Waals surface area contributed by atoms with Crippen LogP contribution in [0.5, 0.6) is 11.6 Å². The molecule has 0 unspecified atom stereocenters. The number of hydrogen-bond donors (Lipinski definition) is 1. The van der Waals surface area contributed by atoms with E-state index in [0.717, 1.165) is 0 Å². The molecule has 0 atom stereocenters. The Bertz CT molecular complexity index is 490. The van der Waals surface area contributed by atoms with Crippen molar-refractivity contribution in [2.24, 2.45) is 5.73 Å². The molecule has 82 valence electrons. The highest BCUT2D eigenvalue weighted by Gasteiger charge is 2.08. The normalized spacial score (nSPS) is 10.1. The average Bonchev–Trinajstić information content (AvgIpc) is 2.33. The maximum Gasteiger partial charge on any atom is 0.242 e. The van der Waals surface area contributed by atoms with Crippen LogP contribution in [-0.2, 0) is 6.54 Å². The number of rotatable bonds is 3. The molecule has 5 heteroatoms. The second-order valence-corrected chi connectivity index (χ2v) is 3.04. The van der Waals surface area contributed by atoms with Crippen LogP contribution in [0.3, 0.4) is 0 Å². The average molecular weight is 219 g/mol. The van der Waals surface area contributed by atoms with E-state index >= 15 is 0 Å². The smallest absolute Gasteiger partial charge is 0.242 e. The molecule has 1 aromatic heterocycles. The molecule has 2 N–H and O–H groups in total. The summed E-state index contributed by atoms with van der Waals surface area (Å²) < 4.78 is 18.6. The molecule has 1 heterocycles. The predicted molar refractivity (Wildman–Crippen MR) is 56.4 cm³/mol. The number of benzene rings is 1. The zero-order valence-corrected chi connectivity index (χ0v) is 8.43. The first-order valence-corrected chi connectivity index (χ1v) is 4.73. The van der Waals surface area contributed by atoms with Crippen molar-refractivity contribution in [3.8, 4) is 11.6 Å². The number of nitrogens with two attached hydrogens (primary N) is 1. The Morgan fingerprint density at radius 1 is 1.19 bits per heavy atom. The maximum atomic E-state index is 13.3. The predicted octanol–water partition coefficient (Wildman–Crippen LogP) is 1.87. The summed E-state index contributed by atoms with van der Waals surface area (Å²) in [4.78, 5) is 7.94. The molecular weight excluding hydrogens is 209 g/mol. The fourth-order valence-corrected chi connectivity index (χ4v) is 1.21. The summed E-state index contributed by atoms with van der Waals surface area (Å²) in [5, 5.41) is 0. The van der Waals surface area contributed by atoms with Gasteiger partial charge in [0.2, 0.25) is 5.88 Å². The van der Waals surface area contributed by atoms with Crippen LogP contribution in [0.1, 0.15) is 5.69 Å². The van der Waals surface area contributed by atoms with Crippen molar-refractivity contribution in [3.63, 3.8) is 0 Å². The van der Waals surface area contributed by atoms with Crippen molar-refractivity contribution in [3.05, 3.63) is 48.2 Å². The van der Waals surface area contributed by atoms with Gasteiger partial charge in [-0.3, -0.25) is 4.98 Å². The number of ether oxygens (including phenoxy) is 1. The molecule has 2 rings (SSSR count). The molecule has 0 bridgehead atoms. The van der Waals surface area contributed by atoms with Crippen LogP contribution in [0.25, 0.3) is 0 Å². The van der Waals surface area contributed by atoms with Crippen LogP contribution >= 0.6 is 0 Å². The van der Waals surface area contributed by atoms with Crippen molar-refractivity contribution in [1.29, 1.82) is 0 Å². The van der Waals surface area contributed by atoms with E-state index in [-0.39, 0.29) is 18.2 Å². The minimum absolute atomic E-state index is 0.109. The largest absolute Gasteiger partial charge is 0.434 e. The number of para-hydroxylation sites is 1. The van der Waals surface area contributed by atoms with Gasteiger partial charge >= 0.3 is 0 Å². The third-order valence-electron chi connectivity index (χ3n) is 1.97. The van der Waals surface area contributed by atoms with E-state index in [1.54, 1.807) is 12.1 Å². The molecular formula is C11H10FN3O. The minimum atomic E-state index is -0.448. The molecule has 0 spiro atoms. The van der Waals surface area contributed by atoms with Crippen LogP contribution in [-0.4, -0.2) is 9.97 Å². The Balaban J connectivity index is 2.30. The molecule has 0 amide bonds. The molecule has 0 saturated heterocycles. The summed E-state index contributed by atoms with van der Waals surface area (Å²) in [6, 6.07) is 6.09. The van der Waals surface area contributed by atoms with Crippen LogP contribution in [0.4, 0.5) is 4.39 Å². The lowest BCUT2D eigenvalue weighted by atomic mass is 10.3. The highest BCUT2D eigenvalue weighted by molar-refractivity contribution is 5.30. The van der Waals surface area contributed by atoms with E-state index in [9.17, 15) is 4.39 Å². The second-order valence-electron chi connectivity index (χ2n) is 3.04. The fraction of sp³-hybridized carbons (Fsp3) is 0.0909. The molecule has 2 aromatic rings. The number of aromatic nitrogens is 2. The standard InChI is InChI=1S/C11H10FN3O/c12-8-3-1-2-4-10(8)16-11-9(7-13)14-5-6-15-11/h1-6H,7,13H2. The lowest BCUT2D eigenvalue weighted by molar-refractivity contribution is 0.419. The Morgan fingerprint density at radius 3 is 2.69 bits per heavy atom. The van der Waals surface area contributed by atoms with Gasteiger partial charge in [0.05, 0.1) is 0 Å². The van der Waals surface area contributed by atoms with Gasteiger partial charge < -0.3 is 10.5 Å². The van der Waals surface area contributed by atoms with Crippen molar-refractivity contribution >= 4 is 0 Å². The van der Waals surface area contributed by atoms with E-state index < -0.39 is 5.82 Å². The molecule has 0 aliphatic heterocycles. The van der Waals surface area contributed by atoms with Crippen LogP contribution in [0.2, 0.25) is 0 Å². The molecule has 0 saturated carbocycles. The lowest BCUT2D eigenvalue weighted by Crippen LogP contribution is -2.04. The first-order chi connectivity index (χ1) is 7.81. The van der Waals surface area contributed by atoms with Crippen LogP contribution < -0.4 is 10.5 Å². The molecule has 0 fully saturated rings. The molecule has 4 nitrogen and oxygen atoms in total. The van der Waals surface area contributed by atoms with Crippen molar-refractivity contribution < 1.29 is 9.13 Å². The number of hydrogen-bond acceptors (Lipinski definition) is 4. The summed E-state index contributed by atoms with van der Waals surface area (Å²) in [5.74, 6) is -0.107. The van der Waals surface area contributed by atoms with Gasteiger partial charge in [0.15, 0.2) is 11.6 Å². The van der Waals surface area contributed by atoms with E-state index in [0.29, 0.717) is 5.69 Å². The maximum absolute atomic E-state index is 13.3. The Labute approximate surface area is 91.9 Å². The Morgan fingerprint density at radius 2 is 1.94 bits per heavy atom. The van der Waals surface area contributed by atoms with Gasteiger partial charge in [-0.2, -0.15) is 0 Å². The van der Waals surface area contributed by atoms with Crippen LogP contribution in [0, 0.1) is 5.82 Å². The molecule has 0 aliphatic rings. The highest BCUT2D eigenvalue weighted by atomic mass is 19.1. The van der Waals surface area contributed by atoms with Crippen molar-refractivity contribution in [1.82, 2.24) is 9.97 Å². The zero-order valence-electron chi connectivity index (χ0n) is 8.43. The van der Waals surface area contributed by atoms with Crippen molar-refractivity contribution in [2.75, 3.05) is 0 Å². The third kappa shape index (κ3) is 2.14. The second kappa shape index (κ2) is 4.67. The SMILES string of the molecule is NCc1nccnc1Oc1ccccc1F. The highest BCUT2D eigenvalue weighted by Crippen LogP contribution is 2.23. The Kier molecular flexibility index (Phi) is 3.07. The van der Waals surface area contributed by atoms with Crippen LogP contribution in [0.15, 0.2) is 36.7 Å². The van der Waals surface area contributed by atoms with E-state index in [1.165, 1.54) is 24.5 Å². The van der Waals surface area contributed by atoms with E-state index in [1.807, 2.05) is 0 Å². The summed E-state index contributed by atoms with van der Waals surface area (Å²) >= 11 is 0. The number of nitrogens with zero attached hydrogens (tertiary/aromatic N) is 2. The molecule has 0 radical (unpaired) electrons. The summed E-state index contributed by atoms with van der Waals surface area (Å²) in [6.07, 6.45) is 2.98. The van der Waals surface area contributed by atoms with Gasteiger partial charge in [-0.25, -0.2) is 9.37 Å². The molecule has 1 aromatic carbocycles. The van der Waals surface area contributed by atoms with Gasteiger partial charge in [0.1, 0.15) is 5.69 Å². The van der Waals surface area contributed by atoms with Gasteiger partial charge in [-0.15, -0.1) is 0 Å². The van der Waals surface area contributed by atoms with E-state index in [2.05, 4.69) is 9.97 Å². The van der Waals surface area contributed by atoms with E-state index in [4.69, 9.17) is 10.5 Å². The summed E-state index contributed by atoms with van der Waals surface area (Å²) in [7, 11) is 0. The number of halogens is 1. The monoisotopic (exact) mass is 219 g/mol. The van der Waals surface area contributed by atoms with Gasteiger partial charge in [-0.05, 0) is 12.1 Å². The lowest BCUT2D eigenvalue weighted by Gasteiger charge is -2.07. The molecule has 0 aliphatic carbocycles. The first kappa shape index (κ1) is 10.5.